The molecule has 0 aliphatic carbocycles. The number of unbranched alkanes of at least 4 members (excludes halogenated alkanes) is 1. The smallest absolute Gasteiger partial charge is 0.410 e. The second-order valence-electron chi connectivity index (χ2n) is 10.3. The maximum atomic E-state index is 12.7. The van der Waals surface area contributed by atoms with Crippen molar-refractivity contribution in [2.45, 2.75) is 72.0 Å². The molecule has 3 amide bonds. The molecule has 35 heavy (non-hydrogen) atoms. The van der Waals surface area contributed by atoms with Crippen molar-refractivity contribution < 1.29 is 23.9 Å². The molecule has 0 aromatic carbocycles. The number of carbonyl (C=O) groups excluding carboxylic acids is 3. The second kappa shape index (κ2) is 13.7. The van der Waals surface area contributed by atoms with Gasteiger partial charge in [0.25, 0.3) is 5.91 Å². The summed E-state index contributed by atoms with van der Waals surface area (Å²) >= 11 is 0. The zero-order valence-electron chi connectivity index (χ0n) is 22.1. The molecule has 1 rings (SSSR count). The third-order valence-electron chi connectivity index (χ3n) is 4.60. The van der Waals surface area contributed by atoms with Gasteiger partial charge in [-0.3, -0.25) is 4.79 Å². The van der Waals surface area contributed by atoms with E-state index in [1.54, 1.807) is 29.0 Å². The first-order chi connectivity index (χ1) is 16.2. The fourth-order valence-electron chi connectivity index (χ4n) is 2.98. The molecule has 0 aliphatic rings. The van der Waals surface area contributed by atoms with E-state index in [1.165, 1.54) is 6.20 Å². The number of aromatic nitrogens is 1. The summed E-state index contributed by atoms with van der Waals surface area (Å²) in [6.45, 7) is 12.7. The molecule has 198 valence electrons. The van der Waals surface area contributed by atoms with Gasteiger partial charge >= 0.3 is 12.2 Å². The van der Waals surface area contributed by atoms with E-state index in [-0.39, 0.29) is 5.91 Å². The van der Waals surface area contributed by atoms with Crippen LogP contribution in [-0.4, -0.2) is 77.3 Å². The summed E-state index contributed by atoms with van der Waals surface area (Å²) in [5.74, 6) is 5.61. The Morgan fingerprint density at radius 2 is 1.57 bits per heavy atom. The summed E-state index contributed by atoms with van der Waals surface area (Å²) in [5.41, 5.74) is 1.71. The molecule has 0 saturated heterocycles. The van der Waals surface area contributed by atoms with E-state index in [9.17, 15) is 14.4 Å². The number of carbonyl (C=O) groups is 3. The van der Waals surface area contributed by atoms with Crippen molar-refractivity contribution in [3.05, 3.63) is 23.9 Å². The van der Waals surface area contributed by atoms with Gasteiger partial charge < -0.3 is 30.0 Å². The zero-order chi connectivity index (χ0) is 26.6. The molecule has 0 fully saturated rings. The lowest BCUT2D eigenvalue weighted by Crippen LogP contribution is -2.39. The average Bonchev–Trinajstić information content (AvgIpc) is 2.74. The second-order valence-corrected chi connectivity index (χ2v) is 10.3. The van der Waals surface area contributed by atoms with E-state index >= 15 is 0 Å². The van der Waals surface area contributed by atoms with E-state index in [1.807, 2.05) is 41.5 Å². The van der Waals surface area contributed by atoms with Crippen LogP contribution in [-0.2, 0) is 9.47 Å². The minimum Gasteiger partial charge on any atom is -0.444 e. The van der Waals surface area contributed by atoms with Crippen LogP contribution in [0, 0.1) is 0 Å². The third-order valence-corrected chi connectivity index (χ3v) is 4.60. The Morgan fingerprint density at radius 3 is 2.11 bits per heavy atom. The van der Waals surface area contributed by atoms with Crippen molar-refractivity contribution in [1.82, 2.24) is 20.1 Å². The summed E-state index contributed by atoms with van der Waals surface area (Å²) in [6, 6.07) is 3.28. The van der Waals surface area contributed by atoms with Gasteiger partial charge in [0.15, 0.2) is 0 Å². The third kappa shape index (κ3) is 12.8. The molecule has 0 saturated carbocycles. The SMILES string of the molecule is CN(CCCN(CCCCNC(=O)OC(C)(C)C)C(=O)OC(C)(C)C)C(=O)c1ccc(NN)nc1. The van der Waals surface area contributed by atoms with Crippen molar-refractivity contribution in [3.63, 3.8) is 0 Å². The molecule has 0 atom stereocenters. The summed E-state index contributed by atoms with van der Waals surface area (Å²) in [7, 11) is 1.71. The molecule has 11 heteroatoms. The van der Waals surface area contributed by atoms with Crippen LogP contribution in [0.15, 0.2) is 18.3 Å². The molecule has 0 bridgehead atoms. The van der Waals surface area contributed by atoms with Crippen LogP contribution in [0.5, 0.6) is 0 Å². The van der Waals surface area contributed by atoms with Gasteiger partial charge in [0.05, 0.1) is 5.56 Å². The first-order valence-electron chi connectivity index (χ1n) is 11.8. The molecule has 1 aromatic rings. The minimum absolute atomic E-state index is 0.168. The summed E-state index contributed by atoms with van der Waals surface area (Å²) in [4.78, 5) is 44.3. The Bertz CT molecular complexity index is 817. The largest absolute Gasteiger partial charge is 0.444 e. The normalized spacial score (nSPS) is 11.4. The van der Waals surface area contributed by atoms with Crippen molar-refractivity contribution in [2.75, 3.05) is 38.7 Å². The Labute approximate surface area is 208 Å². The lowest BCUT2D eigenvalue weighted by atomic mass is 10.2. The Balaban J connectivity index is 2.55. The van der Waals surface area contributed by atoms with Crippen LogP contribution >= 0.6 is 0 Å². The predicted octanol–water partition coefficient (Wildman–Crippen LogP) is 3.37. The van der Waals surface area contributed by atoms with Gasteiger partial charge in [0, 0.05) is 39.4 Å². The van der Waals surface area contributed by atoms with Gasteiger partial charge in [0.2, 0.25) is 0 Å². The van der Waals surface area contributed by atoms with Crippen LogP contribution in [0.3, 0.4) is 0 Å². The molecule has 0 radical (unpaired) electrons. The highest BCUT2D eigenvalue weighted by atomic mass is 16.6. The molecule has 1 aromatic heterocycles. The summed E-state index contributed by atoms with van der Waals surface area (Å²) in [6.07, 6.45) is 2.54. The monoisotopic (exact) mass is 494 g/mol. The number of hydrogen-bond donors (Lipinski definition) is 3. The quantitative estimate of drug-likeness (QED) is 0.242. The molecule has 1 heterocycles. The van der Waals surface area contributed by atoms with E-state index in [0.717, 1.165) is 0 Å². The number of alkyl carbamates (subject to hydrolysis) is 1. The van der Waals surface area contributed by atoms with Crippen molar-refractivity contribution in [1.29, 1.82) is 0 Å². The highest BCUT2D eigenvalue weighted by Crippen LogP contribution is 2.12. The maximum Gasteiger partial charge on any atom is 0.410 e. The van der Waals surface area contributed by atoms with E-state index in [2.05, 4.69) is 15.7 Å². The van der Waals surface area contributed by atoms with Crippen LogP contribution in [0.25, 0.3) is 0 Å². The van der Waals surface area contributed by atoms with Crippen molar-refractivity contribution in [3.8, 4) is 0 Å². The number of hydrogen-bond acceptors (Lipinski definition) is 8. The highest BCUT2D eigenvalue weighted by Gasteiger charge is 2.22. The van der Waals surface area contributed by atoms with Gasteiger partial charge in [-0.05, 0) is 72.9 Å². The van der Waals surface area contributed by atoms with Crippen LogP contribution < -0.4 is 16.6 Å². The van der Waals surface area contributed by atoms with E-state index < -0.39 is 23.4 Å². The number of amides is 3. The standard InChI is InChI=1S/C24H42N6O5/c1-23(2,3)34-21(32)26-13-8-9-15-30(22(33)35-24(4,5)6)16-10-14-29(7)20(31)18-11-12-19(28-25)27-17-18/h11-12,17H,8-10,13-16,25H2,1-7H3,(H,26,32)(H,27,28). The number of nitrogen functional groups attached to an aromatic ring is 1. The molecule has 0 unspecified atom stereocenters. The van der Waals surface area contributed by atoms with Gasteiger partial charge in [0.1, 0.15) is 17.0 Å². The number of anilines is 1. The molecular weight excluding hydrogens is 452 g/mol. The number of nitrogens with one attached hydrogen (secondary N) is 2. The Hall–Kier alpha value is -3.08. The maximum absolute atomic E-state index is 12.7. The molecule has 4 N–H and O–H groups in total. The first-order valence-corrected chi connectivity index (χ1v) is 11.8. The lowest BCUT2D eigenvalue weighted by Gasteiger charge is -2.28. The number of rotatable bonds is 11. The van der Waals surface area contributed by atoms with Crippen LogP contribution in [0.1, 0.15) is 71.2 Å². The van der Waals surface area contributed by atoms with Gasteiger partial charge in [-0.1, -0.05) is 0 Å². The summed E-state index contributed by atoms with van der Waals surface area (Å²) in [5, 5.41) is 2.72. The van der Waals surface area contributed by atoms with Crippen molar-refractivity contribution in [2.24, 2.45) is 5.84 Å². The Kier molecular flexibility index (Phi) is 11.7. The number of nitrogens with two attached hydrogens (primary N) is 1. The molecule has 0 aliphatic heterocycles. The fourth-order valence-corrected chi connectivity index (χ4v) is 2.98. The Morgan fingerprint density at radius 1 is 0.943 bits per heavy atom. The number of hydrazine groups is 1. The highest BCUT2D eigenvalue weighted by molar-refractivity contribution is 5.93. The van der Waals surface area contributed by atoms with Crippen molar-refractivity contribution >= 4 is 23.9 Å². The number of pyridine rings is 1. The number of nitrogens with zero attached hydrogens (tertiary/aromatic N) is 3. The molecule has 11 nitrogen and oxygen atoms in total. The lowest BCUT2D eigenvalue weighted by molar-refractivity contribution is 0.0239. The van der Waals surface area contributed by atoms with Crippen LogP contribution in [0.4, 0.5) is 15.4 Å². The van der Waals surface area contributed by atoms with Gasteiger partial charge in [-0.15, -0.1) is 0 Å². The van der Waals surface area contributed by atoms with Gasteiger partial charge in [-0.25, -0.2) is 20.4 Å². The van der Waals surface area contributed by atoms with E-state index in [4.69, 9.17) is 15.3 Å². The number of ether oxygens (including phenoxy) is 2. The average molecular weight is 495 g/mol. The van der Waals surface area contributed by atoms with E-state index in [0.29, 0.717) is 56.8 Å². The molecule has 0 spiro atoms. The minimum atomic E-state index is -0.613. The summed E-state index contributed by atoms with van der Waals surface area (Å²) < 4.78 is 10.8. The zero-order valence-corrected chi connectivity index (χ0v) is 22.1. The molecular formula is C24H42N6O5. The van der Waals surface area contributed by atoms with Gasteiger partial charge in [-0.2, -0.15) is 0 Å². The fraction of sp³-hybridized carbons (Fsp3) is 0.667. The topological polar surface area (TPSA) is 139 Å². The first kappa shape index (κ1) is 30.0. The predicted molar refractivity (Wildman–Crippen MR) is 135 cm³/mol. The van der Waals surface area contributed by atoms with Crippen LogP contribution in [0.2, 0.25) is 0 Å².